The van der Waals surface area contributed by atoms with Crippen molar-refractivity contribution >= 4 is 17.7 Å². The van der Waals surface area contributed by atoms with Gasteiger partial charge in [-0.05, 0) is 48.1 Å². The van der Waals surface area contributed by atoms with Gasteiger partial charge < -0.3 is 5.32 Å². The SMILES string of the molecule is O=C(NCCSC1CCCC1)c1ccc(CN2CCc3ccccc3C2)cc1. The van der Waals surface area contributed by atoms with Crippen molar-refractivity contribution in [1.29, 1.82) is 0 Å². The van der Waals surface area contributed by atoms with Gasteiger partial charge in [0.25, 0.3) is 5.91 Å². The van der Waals surface area contributed by atoms with Crippen molar-refractivity contribution in [3.05, 3.63) is 70.8 Å². The van der Waals surface area contributed by atoms with E-state index in [1.54, 1.807) is 0 Å². The van der Waals surface area contributed by atoms with Crippen LogP contribution in [0.15, 0.2) is 48.5 Å². The lowest BCUT2D eigenvalue weighted by Crippen LogP contribution is -2.30. The number of rotatable bonds is 7. The second kappa shape index (κ2) is 9.62. The highest BCUT2D eigenvalue weighted by atomic mass is 32.2. The molecule has 1 N–H and O–H groups in total. The van der Waals surface area contributed by atoms with Crippen LogP contribution in [-0.4, -0.2) is 34.9 Å². The molecule has 0 atom stereocenters. The van der Waals surface area contributed by atoms with Crippen molar-refractivity contribution in [2.75, 3.05) is 18.8 Å². The number of fused-ring (bicyclic) bond motifs is 1. The van der Waals surface area contributed by atoms with Gasteiger partial charge in [-0.3, -0.25) is 9.69 Å². The number of hydrogen-bond acceptors (Lipinski definition) is 3. The van der Waals surface area contributed by atoms with E-state index in [1.807, 2.05) is 23.9 Å². The van der Waals surface area contributed by atoms with Crippen molar-refractivity contribution in [3.8, 4) is 0 Å². The average molecular weight is 395 g/mol. The van der Waals surface area contributed by atoms with E-state index in [-0.39, 0.29) is 5.91 Å². The van der Waals surface area contributed by atoms with Crippen LogP contribution in [0.3, 0.4) is 0 Å². The highest BCUT2D eigenvalue weighted by Crippen LogP contribution is 2.28. The number of benzene rings is 2. The third-order valence-electron chi connectivity index (χ3n) is 5.88. The van der Waals surface area contributed by atoms with Gasteiger partial charge in [-0.25, -0.2) is 0 Å². The van der Waals surface area contributed by atoms with Gasteiger partial charge in [-0.15, -0.1) is 0 Å². The van der Waals surface area contributed by atoms with E-state index >= 15 is 0 Å². The molecule has 0 saturated heterocycles. The van der Waals surface area contributed by atoms with Crippen molar-refractivity contribution in [3.63, 3.8) is 0 Å². The number of nitrogens with one attached hydrogen (secondary N) is 1. The van der Waals surface area contributed by atoms with Crippen molar-refractivity contribution < 1.29 is 4.79 Å². The zero-order valence-electron chi connectivity index (χ0n) is 16.5. The van der Waals surface area contributed by atoms with Crippen LogP contribution in [0, 0.1) is 0 Å². The summed E-state index contributed by atoms with van der Waals surface area (Å²) in [7, 11) is 0. The molecule has 0 spiro atoms. The first-order valence-corrected chi connectivity index (χ1v) is 11.6. The zero-order valence-corrected chi connectivity index (χ0v) is 17.3. The van der Waals surface area contributed by atoms with Crippen molar-refractivity contribution in [2.45, 2.75) is 50.4 Å². The van der Waals surface area contributed by atoms with Crippen LogP contribution in [-0.2, 0) is 19.5 Å². The first-order chi connectivity index (χ1) is 13.8. The molecule has 1 fully saturated rings. The lowest BCUT2D eigenvalue weighted by atomic mass is 9.99. The number of carbonyl (C=O) groups is 1. The normalized spacial score (nSPS) is 17.4. The maximum Gasteiger partial charge on any atom is 0.251 e. The summed E-state index contributed by atoms with van der Waals surface area (Å²) in [6, 6.07) is 16.9. The minimum Gasteiger partial charge on any atom is -0.351 e. The molecular formula is C24H30N2OS. The fourth-order valence-electron chi connectivity index (χ4n) is 4.26. The summed E-state index contributed by atoms with van der Waals surface area (Å²) in [4.78, 5) is 14.8. The summed E-state index contributed by atoms with van der Waals surface area (Å²) < 4.78 is 0. The number of amides is 1. The summed E-state index contributed by atoms with van der Waals surface area (Å²) in [6.45, 7) is 3.80. The van der Waals surface area contributed by atoms with Crippen LogP contribution >= 0.6 is 11.8 Å². The molecule has 3 nitrogen and oxygen atoms in total. The second-order valence-corrected chi connectivity index (χ2v) is 9.37. The molecule has 1 aliphatic heterocycles. The topological polar surface area (TPSA) is 32.3 Å². The van der Waals surface area contributed by atoms with E-state index in [1.165, 1.54) is 42.4 Å². The van der Waals surface area contributed by atoms with Crippen molar-refractivity contribution in [2.24, 2.45) is 0 Å². The third-order valence-corrected chi connectivity index (χ3v) is 7.26. The Morgan fingerprint density at radius 3 is 2.57 bits per heavy atom. The number of thioether (sulfide) groups is 1. The van der Waals surface area contributed by atoms with Gasteiger partial charge >= 0.3 is 0 Å². The minimum absolute atomic E-state index is 0.0467. The molecular weight excluding hydrogens is 364 g/mol. The van der Waals surface area contributed by atoms with E-state index in [2.05, 4.69) is 46.6 Å². The van der Waals surface area contributed by atoms with Crippen molar-refractivity contribution in [1.82, 2.24) is 10.2 Å². The molecule has 1 amide bonds. The molecule has 0 aromatic heterocycles. The summed E-state index contributed by atoms with van der Waals surface area (Å²) in [5.41, 5.74) is 4.96. The highest BCUT2D eigenvalue weighted by molar-refractivity contribution is 7.99. The van der Waals surface area contributed by atoms with E-state index in [0.29, 0.717) is 0 Å². The molecule has 0 bridgehead atoms. The molecule has 2 aliphatic rings. The van der Waals surface area contributed by atoms with Crippen LogP contribution in [0.2, 0.25) is 0 Å². The van der Waals surface area contributed by atoms with Crippen LogP contribution in [0.4, 0.5) is 0 Å². The minimum atomic E-state index is 0.0467. The Bertz CT molecular complexity index is 783. The molecule has 1 aliphatic carbocycles. The molecule has 1 heterocycles. The molecule has 2 aromatic rings. The van der Waals surface area contributed by atoms with Crippen LogP contribution < -0.4 is 5.32 Å². The number of carbonyl (C=O) groups excluding carboxylic acids is 1. The lowest BCUT2D eigenvalue weighted by Gasteiger charge is -2.28. The molecule has 0 radical (unpaired) electrons. The van der Waals surface area contributed by atoms with Gasteiger partial charge in [0.15, 0.2) is 0 Å². The highest BCUT2D eigenvalue weighted by Gasteiger charge is 2.16. The molecule has 0 unspecified atom stereocenters. The van der Waals surface area contributed by atoms with E-state index < -0.39 is 0 Å². The number of hydrogen-bond donors (Lipinski definition) is 1. The lowest BCUT2D eigenvalue weighted by molar-refractivity contribution is 0.0956. The Morgan fingerprint density at radius 2 is 1.79 bits per heavy atom. The van der Waals surface area contributed by atoms with Crippen LogP contribution in [0.25, 0.3) is 0 Å². The molecule has 148 valence electrons. The Labute approximate surface area is 172 Å². The fourth-order valence-corrected chi connectivity index (χ4v) is 5.48. The monoisotopic (exact) mass is 394 g/mol. The maximum absolute atomic E-state index is 12.3. The van der Waals surface area contributed by atoms with E-state index in [0.717, 1.165) is 49.2 Å². The Morgan fingerprint density at radius 1 is 1.04 bits per heavy atom. The standard InChI is InChI=1S/C24H30N2OS/c27-24(25-14-16-28-23-7-3-4-8-23)21-11-9-19(10-12-21)17-26-15-13-20-5-1-2-6-22(20)18-26/h1-2,5-6,9-12,23H,3-4,7-8,13-18H2,(H,25,27). The van der Waals surface area contributed by atoms with Crippen LogP contribution in [0.1, 0.15) is 52.7 Å². The quantitative estimate of drug-likeness (QED) is 0.694. The molecule has 2 aromatic carbocycles. The molecule has 1 saturated carbocycles. The maximum atomic E-state index is 12.3. The molecule has 4 heteroatoms. The van der Waals surface area contributed by atoms with E-state index in [4.69, 9.17) is 0 Å². The van der Waals surface area contributed by atoms with Crippen LogP contribution in [0.5, 0.6) is 0 Å². The summed E-state index contributed by atoms with van der Waals surface area (Å²) >= 11 is 2.02. The first kappa shape index (κ1) is 19.5. The molecule has 4 rings (SSSR count). The second-order valence-electron chi connectivity index (χ2n) is 7.96. The Balaban J connectivity index is 1.23. The number of nitrogens with zero attached hydrogens (tertiary/aromatic N) is 1. The first-order valence-electron chi connectivity index (χ1n) is 10.6. The van der Waals surface area contributed by atoms with Gasteiger partial charge in [0.2, 0.25) is 0 Å². The Hall–Kier alpha value is -1.78. The summed E-state index contributed by atoms with van der Waals surface area (Å²) in [5.74, 6) is 1.07. The zero-order chi connectivity index (χ0) is 19.2. The third kappa shape index (κ3) is 5.18. The van der Waals surface area contributed by atoms with Gasteiger partial charge in [-0.2, -0.15) is 11.8 Å². The predicted octanol–water partition coefficient (Wildman–Crippen LogP) is 4.65. The predicted molar refractivity (Wildman–Crippen MR) is 118 cm³/mol. The summed E-state index contributed by atoms with van der Waals surface area (Å²) in [5, 5.41) is 3.88. The van der Waals surface area contributed by atoms with Gasteiger partial charge in [-0.1, -0.05) is 49.2 Å². The smallest absolute Gasteiger partial charge is 0.251 e. The van der Waals surface area contributed by atoms with E-state index in [9.17, 15) is 4.79 Å². The molecule has 28 heavy (non-hydrogen) atoms. The van der Waals surface area contributed by atoms with Gasteiger partial charge in [0.05, 0.1) is 0 Å². The summed E-state index contributed by atoms with van der Waals surface area (Å²) in [6.07, 6.45) is 6.57. The average Bonchev–Trinajstić information content (AvgIpc) is 3.25. The fraction of sp³-hybridized carbons (Fsp3) is 0.458. The van der Waals surface area contributed by atoms with Gasteiger partial charge in [0.1, 0.15) is 0 Å². The van der Waals surface area contributed by atoms with Gasteiger partial charge in [0, 0.05) is 42.7 Å². The Kier molecular flexibility index (Phi) is 6.71. The largest absolute Gasteiger partial charge is 0.351 e.